The number of aryl methyl sites for hydroxylation is 1. The lowest BCUT2D eigenvalue weighted by Gasteiger charge is -2.13. The highest BCUT2D eigenvalue weighted by Crippen LogP contribution is 2.26. The number of unbranched alkanes of at least 4 members (excludes halogenated alkanes) is 1. The molecule has 1 atom stereocenters. The Labute approximate surface area is 114 Å². The van der Waals surface area contributed by atoms with Gasteiger partial charge in [0.05, 0.1) is 6.61 Å². The van der Waals surface area contributed by atoms with Crippen LogP contribution in [0.3, 0.4) is 0 Å². The molecule has 9 heteroatoms. The molecule has 4 N–H and O–H groups in total. The average Bonchev–Trinajstić information content (AvgIpc) is 2.73. The van der Waals surface area contributed by atoms with Crippen LogP contribution in [-0.2, 0) is 9.47 Å². The zero-order valence-electron chi connectivity index (χ0n) is 10.5. The molecule has 0 saturated heterocycles. The molecule has 0 saturated carbocycles. The van der Waals surface area contributed by atoms with Crippen molar-refractivity contribution < 1.29 is 19.1 Å². The van der Waals surface area contributed by atoms with Crippen LogP contribution < -0.4 is 11.5 Å². The summed E-state index contributed by atoms with van der Waals surface area (Å²) in [6.07, 6.45) is -0.365. The number of hydrogen-bond acceptors (Lipinski definition) is 7. The topological polar surface area (TPSA) is 130 Å². The molecule has 19 heavy (non-hydrogen) atoms. The van der Waals surface area contributed by atoms with E-state index in [1.807, 2.05) is 6.92 Å². The molecule has 1 rings (SSSR count). The standard InChI is InChI=1S/C10H16N4O4S/c1-6-13-14-8(19-6)7(18-10(12)16)4-2-3-5-17-9(11)15/h7H,2-5H2,1H3,(H2,11,15)(H2,12,16). The predicted octanol–water partition coefficient (Wildman–Crippen LogP) is 1.25. The molecular weight excluding hydrogens is 272 g/mol. The van der Waals surface area contributed by atoms with E-state index in [0.29, 0.717) is 24.3 Å². The number of rotatable bonds is 7. The molecule has 8 nitrogen and oxygen atoms in total. The molecule has 1 aromatic rings. The van der Waals surface area contributed by atoms with Gasteiger partial charge >= 0.3 is 12.2 Å². The van der Waals surface area contributed by atoms with Crippen LogP contribution in [0.5, 0.6) is 0 Å². The van der Waals surface area contributed by atoms with Crippen molar-refractivity contribution in [1.82, 2.24) is 10.2 Å². The second kappa shape index (κ2) is 7.52. The molecule has 0 aliphatic carbocycles. The summed E-state index contributed by atoms with van der Waals surface area (Å²) in [5, 5.41) is 9.18. The third-order valence-electron chi connectivity index (χ3n) is 2.18. The molecule has 106 valence electrons. The summed E-state index contributed by atoms with van der Waals surface area (Å²) in [6, 6.07) is 0. The first-order valence-corrected chi connectivity index (χ1v) is 6.49. The molecule has 0 bridgehead atoms. The maximum absolute atomic E-state index is 10.8. The highest BCUT2D eigenvalue weighted by Gasteiger charge is 2.19. The SMILES string of the molecule is Cc1nnc(C(CCCCOC(N)=O)OC(N)=O)s1. The van der Waals surface area contributed by atoms with Crippen molar-refractivity contribution in [3.05, 3.63) is 10.0 Å². The molecule has 1 heterocycles. The fourth-order valence-electron chi connectivity index (χ4n) is 1.42. The number of amides is 2. The fraction of sp³-hybridized carbons (Fsp3) is 0.600. The monoisotopic (exact) mass is 288 g/mol. The number of carbonyl (C=O) groups excluding carboxylic acids is 2. The first kappa shape index (κ1) is 15.2. The smallest absolute Gasteiger partial charge is 0.405 e. The Morgan fingerprint density at radius 2 is 2.00 bits per heavy atom. The van der Waals surface area contributed by atoms with Crippen LogP contribution in [0.15, 0.2) is 0 Å². The maximum atomic E-state index is 10.8. The van der Waals surface area contributed by atoms with E-state index < -0.39 is 18.3 Å². The highest BCUT2D eigenvalue weighted by atomic mass is 32.1. The van der Waals surface area contributed by atoms with Gasteiger partial charge in [0.1, 0.15) is 5.01 Å². The molecule has 0 aliphatic heterocycles. The summed E-state index contributed by atoms with van der Waals surface area (Å²) in [5.41, 5.74) is 9.85. The lowest BCUT2D eigenvalue weighted by atomic mass is 10.1. The first-order valence-electron chi connectivity index (χ1n) is 5.67. The van der Waals surface area contributed by atoms with E-state index in [1.54, 1.807) is 0 Å². The summed E-state index contributed by atoms with van der Waals surface area (Å²) in [7, 11) is 0. The summed E-state index contributed by atoms with van der Waals surface area (Å²) in [5.74, 6) is 0. The Morgan fingerprint density at radius 1 is 1.26 bits per heavy atom. The van der Waals surface area contributed by atoms with Crippen molar-refractivity contribution in [2.24, 2.45) is 11.5 Å². The van der Waals surface area contributed by atoms with E-state index >= 15 is 0 Å². The molecule has 0 aliphatic rings. The molecule has 1 aromatic heterocycles. The van der Waals surface area contributed by atoms with Crippen LogP contribution in [0.25, 0.3) is 0 Å². The minimum absolute atomic E-state index is 0.230. The van der Waals surface area contributed by atoms with Gasteiger partial charge < -0.3 is 20.9 Å². The van der Waals surface area contributed by atoms with Crippen LogP contribution in [0, 0.1) is 6.92 Å². The third-order valence-corrected chi connectivity index (χ3v) is 3.11. The molecule has 0 radical (unpaired) electrons. The number of aromatic nitrogens is 2. The van der Waals surface area contributed by atoms with Crippen LogP contribution in [0.4, 0.5) is 9.59 Å². The van der Waals surface area contributed by atoms with E-state index in [1.165, 1.54) is 11.3 Å². The lowest BCUT2D eigenvalue weighted by Crippen LogP contribution is -2.18. The van der Waals surface area contributed by atoms with Crippen LogP contribution in [0.1, 0.15) is 35.4 Å². The van der Waals surface area contributed by atoms with Gasteiger partial charge in [-0.1, -0.05) is 11.3 Å². The Balaban J connectivity index is 2.42. The lowest BCUT2D eigenvalue weighted by molar-refractivity contribution is 0.0970. The van der Waals surface area contributed by atoms with Gasteiger partial charge in [-0.15, -0.1) is 10.2 Å². The van der Waals surface area contributed by atoms with Crippen molar-refractivity contribution in [1.29, 1.82) is 0 Å². The van der Waals surface area contributed by atoms with Crippen LogP contribution in [-0.4, -0.2) is 29.0 Å². The zero-order valence-corrected chi connectivity index (χ0v) is 11.3. The fourth-order valence-corrected chi connectivity index (χ4v) is 2.18. The quantitative estimate of drug-likeness (QED) is 0.726. The normalized spacial score (nSPS) is 11.8. The van der Waals surface area contributed by atoms with Crippen molar-refractivity contribution in [2.45, 2.75) is 32.3 Å². The second-order valence-electron chi connectivity index (χ2n) is 3.75. The molecule has 0 fully saturated rings. The van der Waals surface area contributed by atoms with Crippen molar-refractivity contribution in [2.75, 3.05) is 6.61 Å². The minimum atomic E-state index is -0.855. The molecule has 1 unspecified atom stereocenters. The zero-order chi connectivity index (χ0) is 14.3. The van der Waals surface area contributed by atoms with E-state index in [2.05, 4.69) is 14.9 Å². The third kappa shape index (κ3) is 6.00. The van der Waals surface area contributed by atoms with Gasteiger partial charge in [0.2, 0.25) is 0 Å². The second-order valence-corrected chi connectivity index (χ2v) is 4.96. The Hall–Kier alpha value is -1.90. The van der Waals surface area contributed by atoms with Gasteiger partial charge in [0.15, 0.2) is 11.1 Å². The molecule has 0 spiro atoms. The number of nitrogens with zero attached hydrogens (tertiary/aromatic N) is 2. The summed E-state index contributed by atoms with van der Waals surface area (Å²) < 4.78 is 9.59. The highest BCUT2D eigenvalue weighted by molar-refractivity contribution is 7.11. The van der Waals surface area contributed by atoms with E-state index in [-0.39, 0.29) is 6.61 Å². The van der Waals surface area contributed by atoms with Gasteiger partial charge in [0, 0.05) is 0 Å². The van der Waals surface area contributed by atoms with Crippen molar-refractivity contribution >= 4 is 23.5 Å². The van der Waals surface area contributed by atoms with Crippen LogP contribution in [0.2, 0.25) is 0 Å². The Bertz CT molecular complexity index is 437. The van der Waals surface area contributed by atoms with E-state index in [4.69, 9.17) is 16.2 Å². The number of nitrogens with two attached hydrogens (primary N) is 2. The summed E-state index contributed by atoms with van der Waals surface area (Å²) in [4.78, 5) is 21.2. The number of primary amides is 2. The Morgan fingerprint density at radius 3 is 2.53 bits per heavy atom. The predicted molar refractivity (Wildman–Crippen MR) is 67.4 cm³/mol. The molecule has 2 amide bonds. The Kier molecular flexibility index (Phi) is 6.00. The maximum Gasteiger partial charge on any atom is 0.405 e. The number of ether oxygens (including phenoxy) is 2. The van der Waals surface area contributed by atoms with E-state index in [0.717, 1.165) is 5.01 Å². The van der Waals surface area contributed by atoms with Crippen LogP contribution >= 0.6 is 11.3 Å². The largest absolute Gasteiger partial charge is 0.450 e. The average molecular weight is 288 g/mol. The summed E-state index contributed by atoms with van der Waals surface area (Å²) in [6.45, 7) is 2.04. The first-order chi connectivity index (χ1) is 8.99. The molecule has 0 aromatic carbocycles. The van der Waals surface area contributed by atoms with Gasteiger partial charge in [-0.05, 0) is 26.2 Å². The van der Waals surface area contributed by atoms with Crippen molar-refractivity contribution in [3.63, 3.8) is 0 Å². The van der Waals surface area contributed by atoms with Gasteiger partial charge in [-0.2, -0.15) is 0 Å². The van der Waals surface area contributed by atoms with Gasteiger partial charge in [-0.3, -0.25) is 0 Å². The minimum Gasteiger partial charge on any atom is -0.450 e. The molecular formula is C10H16N4O4S. The summed E-state index contributed by atoms with van der Waals surface area (Å²) >= 11 is 1.35. The number of hydrogen-bond donors (Lipinski definition) is 2. The van der Waals surface area contributed by atoms with Gasteiger partial charge in [0.25, 0.3) is 0 Å². The number of carbonyl (C=O) groups is 2. The van der Waals surface area contributed by atoms with E-state index in [9.17, 15) is 9.59 Å². The van der Waals surface area contributed by atoms with Gasteiger partial charge in [-0.25, -0.2) is 9.59 Å². The van der Waals surface area contributed by atoms with Crippen molar-refractivity contribution in [3.8, 4) is 0 Å².